The van der Waals surface area contributed by atoms with E-state index in [0.717, 1.165) is 25.1 Å². The molecule has 3 rings (SSSR count). The highest BCUT2D eigenvalue weighted by atomic mass is 16.6. The third kappa shape index (κ3) is 3.92. The van der Waals surface area contributed by atoms with Crippen molar-refractivity contribution in [3.05, 3.63) is 33.9 Å². The quantitative estimate of drug-likeness (QED) is 0.616. The molecule has 2 fully saturated rings. The second kappa shape index (κ2) is 6.41. The maximum Gasteiger partial charge on any atom is 0.310 e. The molecule has 1 atom stereocenters. The van der Waals surface area contributed by atoms with Gasteiger partial charge in [-0.25, -0.2) is 0 Å². The van der Waals surface area contributed by atoms with E-state index >= 15 is 0 Å². The molecule has 0 amide bonds. The number of hydrogen-bond acceptors (Lipinski definition) is 5. The van der Waals surface area contributed by atoms with Crippen LogP contribution in [0.2, 0.25) is 0 Å². The lowest BCUT2D eigenvalue weighted by Gasteiger charge is -2.12. The van der Waals surface area contributed by atoms with Gasteiger partial charge in [-0.3, -0.25) is 10.1 Å². The summed E-state index contributed by atoms with van der Waals surface area (Å²) in [6, 6.07) is 5.72. The van der Waals surface area contributed by atoms with Crippen LogP contribution in [0.1, 0.15) is 24.8 Å². The van der Waals surface area contributed by atoms with Crippen molar-refractivity contribution < 1.29 is 14.4 Å². The van der Waals surface area contributed by atoms with Crippen molar-refractivity contribution in [1.29, 1.82) is 0 Å². The van der Waals surface area contributed by atoms with Crippen molar-refractivity contribution in [3.8, 4) is 5.75 Å². The first-order valence-corrected chi connectivity index (χ1v) is 7.43. The first-order chi connectivity index (χ1) is 10.2. The van der Waals surface area contributed by atoms with Crippen molar-refractivity contribution in [1.82, 2.24) is 5.32 Å². The Morgan fingerprint density at radius 1 is 1.38 bits per heavy atom. The molecule has 0 radical (unpaired) electrons. The predicted octanol–water partition coefficient (Wildman–Crippen LogP) is 2.26. The Kier molecular flexibility index (Phi) is 4.36. The van der Waals surface area contributed by atoms with Gasteiger partial charge in [-0.05, 0) is 30.9 Å². The summed E-state index contributed by atoms with van der Waals surface area (Å²) in [4.78, 5) is 10.7. The molecule has 0 bridgehead atoms. The third-order valence-corrected chi connectivity index (χ3v) is 3.89. The summed E-state index contributed by atoms with van der Waals surface area (Å²) in [5, 5.41) is 14.5. The number of hydrogen-bond donors (Lipinski definition) is 1. The molecule has 0 spiro atoms. The van der Waals surface area contributed by atoms with E-state index in [1.54, 1.807) is 12.1 Å². The minimum absolute atomic E-state index is 0.0316. The van der Waals surface area contributed by atoms with Gasteiger partial charge in [-0.1, -0.05) is 6.07 Å². The molecule has 1 unspecified atom stereocenters. The van der Waals surface area contributed by atoms with Crippen LogP contribution in [0.5, 0.6) is 5.75 Å². The molecule has 1 aromatic carbocycles. The molecule has 1 saturated carbocycles. The normalized spacial score (nSPS) is 21.4. The Labute approximate surface area is 123 Å². The van der Waals surface area contributed by atoms with Crippen LogP contribution in [-0.2, 0) is 11.3 Å². The zero-order chi connectivity index (χ0) is 14.7. The molecule has 1 heterocycles. The first-order valence-electron chi connectivity index (χ1n) is 7.43. The molecular formula is C15H20N2O4. The second-order valence-corrected chi connectivity index (χ2v) is 5.75. The van der Waals surface area contributed by atoms with Gasteiger partial charge in [0.05, 0.1) is 18.1 Å². The average Bonchev–Trinajstić information content (AvgIpc) is 3.16. The number of nitro benzene ring substituents is 1. The van der Waals surface area contributed by atoms with E-state index in [2.05, 4.69) is 5.32 Å². The van der Waals surface area contributed by atoms with Crippen LogP contribution < -0.4 is 10.1 Å². The van der Waals surface area contributed by atoms with Crippen LogP contribution in [0.15, 0.2) is 18.2 Å². The first kappa shape index (κ1) is 14.3. The fourth-order valence-corrected chi connectivity index (χ4v) is 2.41. The number of ether oxygens (including phenoxy) is 2. The van der Waals surface area contributed by atoms with Gasteiger partial charge in [-0.15, -0.1) is 0 Å². The number of nitrogens with one attached hydrogen (secondary N) is 1. The molecule has 1 aliphatic heterocycles. The van der Waals surface area contributed by atoms with Crippen molar-refractivity contribution in [2.24, 2.45) is 5.92 Å². The highest BCUT2D eigenvalue weighted by Crippen LogP contribution is 2.29. The number of rotatable bonds is 7. The smallest absolute Gasteiger partial charge is 0.310 e. The van der Waals surface area contributed by atoms with Gasteiger partial charge in [0.1, 0.15) is 0 Å². The van der Waals surface area contributed by atoms with E-state index in [1.807, 2.05) is 0 Å². The Balaban J connectivity index is 1.66. The van der Waals surface area contributed by atoms with Gasteiger partial charge in [0.2, 0.25) is 0 Å². The van der Waals surface area contributed by atoms with Crippen molar-refractivity contribution >= 4 is 5.69 Å². The van der Waals surface area contributed by atoms with Gasteiger partial charge in [0.15, 0.2) is 5.75 Å². The highest BCUT2D eigenvalue weighted by Gasteiger charge is 2.22. The Bertz CT molecular complexity index is 510. The molecule has 6 heteroatoms. The van der Waals surface area contributed by atoms with Crippen LogP contribution in [0, 0.1) is 16.0 Å². The molecule has 114 valence electrons. The lowest BCUT2D eigenvalue weighted by atomic mass is 10.1. The van der Waals surface area contributed by atoms with E-state index in [-0.39, 0.29) is 5.69 Å². The van der Waals surface area contributed by atoms with E-state index in [9.17, 15) is 10.1 Å². The van der Waals surface area contributed by atoms with Gasteiger partial charge >= 0.3 is 5.69 Å². The molecular weight excluding hydrogens is 272 g/mol. The fourth-order valence-electron chi connectivity index (χ4n) is 2.41. The minimum Gasteiger partial charge on any atom is -0.486 e. The molecule has 2 aliphatic rings. The lowest BCUT2D eigenvalue weighted by molar-refractivity contribution is -0.385. The summed E-state index contributed by atoms with van der Waals surface area (Å²) >= 11 is 0. The molecule has 1 aromatic rings. The maximum atomic E-state index is 11.1. The number of benzene rings is 1. The minimum atomic E-state index is -0.390. The van der Waals surface area contributed by atoms with Crippen molar-refractivity contribution in [2.45, 2.75) is 31.8 Å². The summed E-state index contributed by atoms with van der Waals surface area (Å²) in [7, 11) is 0. The van der Waals surface area contributed by atoms with Crippen LogP contribution in [0.4, 0.5) is 5.69 Å². The van der Waals surface area contributed by atoms with Crippen molar-refractivity contribution in [3.63, 3.8) is 0 Å². The van der Waals surface area contributed by atoms with E-state index < -0.39 is 4.92 Å². The molecule has 6 nitrogen and oxygen atoms in total. The topological polar surface area (TPSA) is 73.6 Å². The highest BCUT2D eigenvalue weighted by molar-refractivity contribution is 5.48. The van der Waals surface area contributed by atoms with E-state index in [4.69, 9.17) is 9.47 Å². The molecule has 1 N–H and O–H groups in total. The zero-order valence-corrected chi connectivity index (χ0v) is 11.9. The monoisotopic (exact) mass is 292 g/mol. The standard InChI is InChI=1S/C15H20N2O4/c18-17(19)14-4-1-11(8-16-13-2-3-13)7-15(14)21-10-12-5-6-20-9-12/h1,4,7,12-13,16H,2-3,5-6,8-10H2. The summed E-state index contributed by atoms with van der Waals surface area (Å²) in [6.07, 6.45) is 3.40. The maximum absolute atomic E-state index is 11.1. The summed E-state index contributed by atoms with van der Waals surface area (Å²) in [6.45, 7) is 2.63. The van der Waals surface area contributed by atoms with Crippen LogP contribution >= 0.6 is 0 Å². The second-order valence-electron chi connectivity index (χ2n) is 5.75. The van der Waals surface area contributed by atoms with Gasteiger partial charge in [0.25, 0.3) is 0 Å². The third-order valence-electron chi connectivity index (χ3n) is 3.89. The van der Waals surface area contributed by atoms with E-state index in [0.29, 0.717) is 30.9 Å². The predicted molar refractivity (Wildman–Crippen MR) is 77.4 cm³/mol. The molecule has 21 heavy (non-hydrogen) atoms. The van der Waals surface area contributed by atoms with Gasteiger partial charge < -0.3 is 14.8 Å². The van der Waals surface area contributed by atoms with Crippen LogP contribution in [0.25, 0.3) is 0 Å². The van der Waals surface area contributed by atoms with E-state index in [1.165, 1.54) is 18.9 Å². The van der Waals surface area contributed by atoms with Gasteiger partial charge in [0, 0.05) is 31.2 Å². The van der Waals surface area contributed by atoms with Crippen molar-refractivity contribution in [2.75, 3.05) is 19.8 Å². The SMILES string of the molecule is O=[N+]([O-])c1ccc(CNC2CC2)cc1OCC1CCOC1. The fraction of sp³-hybridized carbons (Fsp3) is 0.600. The Morgan fingerprint density at radius 2 is 2.24 bits per heavy atom. The summed E-state index contributed by atoms with van der Waals surface area (Å²) in [5.74, 6) is 0.694. The Hall–Kier alpha value is -1.66. The van der Waals surface area contributed by atoms with Crippen LogP contribution in [-0.4, -0.2) is 30.8 Å². The molecule has 0 aromatic heterocycles. The summed E-state index contributed by atoms with van der Waals surface area (Å²) in [5.41, 5.74) is 1.05. The number of nitro groups is 1. The average molecular weight is 292 g/mol. The largest absolute Gasteiger partial charge is 0.486 e. The Morgan fingerprint density at radius 3 is 2.90 bits per heavy atom. The number of nitrogens with zero attached hydrogens (tertiary/aromatic N) is 1. The zero-order valence-electron chi connectivity index (χ0n) is 11.9. The molecule has 1 aliphatic carbocycles. The molecule has 1 saturated heterocycles. The lowest BCUT2D eigenvalue weighted by Crippen LogP contribution is -2.16. The van der Waals surface area contributed by atoms with Crippen LogP contribution in [0.3, 0.4) is 0 Å². The van der Waals surface area contributed by atoms with Gasteiger partial charge in [-0.2, -0.15) is 0 Å². The summed E-state index contributed by atoms with van der Waals surface area (Å²) < 4.78 is 11.0.